The average molecular weight is 283 g/mol. The fourth-order valence-corrected chi connectivity index (χ4v) is 1.99. The van der Waals surface area contributed by atoms with E-state index in [1.807, 2.05) is 30.3 Å². The van der Waals surface area contributed by atoms with Gasteiger partial charge in [0.05, 0.1) is 17.3 Å². The van der Waals surface area contributed by atoms with E-state index in [1.54, 1.807) is 24.3 Å². The Hall–Kier alpha value is -2.66. The maximum Gasteiger partial charge on any atom is 0.250 e. The maximum absolute atomic E-state index is 12.1. The standard InChI is InChI=1S/C16H17N3O2/c17-13(10-11-6-2-1-3-7-11)16(21)19-14-9-5-4-8-12(14)15(18)20/h1-9,13H,10,17H2,(H2,18,20)(H,19,21)/t13-/m1/s1. The molecule has 0 saturated carbocycles. The number of hydrogen-bond acceptors (Lipinski definition) is 3. The molecule has 0 unspecified atom stereocenters. The molecule has 108 valence electrons. The molecule has 5 nitrogen and oxygen atoms in total. The van der Waals surface area contributed by atoms with Crippen LogP contribution in [0.5, 0.6) is 0 Å². The maximum atomic E-state index is 12.1. The number of benzene rings is 2. The number of nitrogens with one attached hydrogen (secondary N) is 1. The summed E-state index contributed by atoms with van der Waals surface area (Å²) < 4.78 is 0. The van der Waals surface area contributed by atoms with Crippen LogP contribution in [-0.4, -0.2) is 17.9 Å². The van der Waals surface area contributed by atoms with Crippen LogP contribution in [0.1, 0.15) is 15.9 Å². The summed E-state index contributed by atoms with van der Waals surface area (Å²) >= 11 is 0. The summed E-state index contributed by atoms with van der Waals surface area (Å²) in [6.45, 7) is 0. The Balaban J connectivity index is 2.06. The zero-order chi connectivity index (χ0) is 15.2. The molecule has 0 fully saturated rings. The number of hydrogen-bond donors (Lipinski definition) is 3. The minimum atomic E-state index is -0.701. The second-order valence-corrected chi connectivity index (χ2v) is 4.70. The number of anilines is 1. The summed E-state index contributed by atoms with van der Waals surface area (Å²) in [4.78, 5) is 23.4. The number of nitrogens with two attached hydrogens (primary N) is 2. The van der Waals surface area contributed by atoms with Crippen molar-refractivity contribution < 1.29 is 9.59 Å². The van der Waals surface area contributed by atoms with Crippen molar-refractivity contribution in [3.8, 4) is 0 Å². The van der Waals surface area contributed by atoms with E-state index in [0.717, 1.165) is 5.56 Å². The van der Waals surface area contributed by atoms with E-state index in [0.29, 0.717) is 12.1 Å². The third kappa shape index (κ3) is 3.90. The lowest BCUT2D eigenvalue weighted by Gasteiger charge is -2.14. The molecule has 0 spiro atoms. The van der Waals surface area contributed by atoms with Crippen LogP contribution < -0.4 is 16.8 Å². The van der Waals surface area contributed by atoms with Gasteiger partial charge in [-0.1, -0.05) is 42.5 Å². The first kappa shape index (κ1) is 14.7. The zero-order valence-corrected chi connectivity index (χ0v) is 11.5. The molecule has 2 rings (SSSR count). The van der Waals surface area contributed by atoms with E-state index >= 15 is 0 Å². The first-order chi connectivity index (χ1) is 10.1. The van der Waals surface area contributed by atoms with Crippen LogP contribution in [0.4, 0.5) is 5.69 Å². The predicted octanol–water partition coefficient (Wildman–Crippen LogP) is 1.29. The van der Waals surface area contributed by atoms with Gasteiger partial charge in [0.15, 0.2) is 0 Å². The number of rotatable bonds is 5. The molecule has 0 saturated heterocycles. The van der Waals surface area contributed by atoms with Gasteiger partial charge in [0.25, 0.3) is 5.91 Å². The smallest absolute Gasteiger partial charge is 0.250 e. The van der Waals surface area contributed by atoms with Gasteiger partial charge >= 0.3 is 0 Å². The third-order valence-electron chi connectivity index (χ3n) is 3.09. The molecule has 0 aliphatic heterocycles. The SMILES string of the molecule is NC(=O)c1ccccc1NC(=O)[C@H](N)Cc1ccccc1. The summed E-state index contributed by atoms with van der Waals surface area (Å²) in [6, 6.07) is 15.4. The number of primary amides is 1. The van der Waals surface area contributed by atoms with Crippen LogP contribution in [0.3, 0.4) is 0 Å². The van der Waals surface area contributed by atoms with E-state index in [1.165, 1.54) is 0 Å². The molecule has 0 aromatic heterocycles. The van der Waals surface area contributed by atoms with E-state index in [2.05, 4.69) is 5.32 Å². The van der Waals surface area contributed by atoms with Crippen LogP contribution in [0.15, 0.2) is 54.6 Å². The first-order valence-electron chi connectivity index (χ1n) is 6.57. The highest BCUT2D eigenvalue weighted by Gasteiger charge is 2.16. The number of amides is 2. The Bertz CT molecular complexity index is 641. The molecule has 5 heteroatoms. The first-order valence-corrected chi connectivity index (χ1v) is 6.57. The summed E-state index contributed by atoms with van der Waals surface area (Å²) in [6.07, 6.45) is 0.422. The Labute approximate surface area is 123 Å². The van der Waals surface area contributed by atoms with Crippen molar-refractivity contribution in [1.82, 2.24) is 0 Å². The fourth-order valence-electron chi connectivity index (χ4n) is 1.99. The minimum absolute atomic E-state index is 0.262. The Kier molecular flexibility index (Phi) is 4.68. The molecular formula is C16H17N3O2. The summed E-state index contributed by atoms with van der Waals surface area (Å²) in [5, 5.41) is 2.65. The number of carbonyl (C=O) groups is 2. The highest BCUT2D eigenvalue weighted by atomic mass is 16.2. The fraction of sp³-hybridized carbons (Fsp3) is 0.125. The molecule has 2 aromatic rings. The molecule has 1 atom stereocenters. The van der Waals surface area contributed by atoms with Crippen molar-refractivity contribution in [2.45, 2.75) is 12.5 Å². The van der Waals surface area contributed by atoms with Gasteiger partial charge in [0.2, 0.25) is 5.91 Å². The lowest BCUT2D eigenvalue weighted by Crippen LogP contribution is -2.37. The molecule has 2 amide bonds. The highest BCUT2D eigenvalue weighted by molar-refractivity contribution is 6.04. The van der Waals surface area contributed by atoms with Gasteiger partial charge in [-0.05, 0) is 24.1 Å². The van der Waals surface area contributed by atoms with Crippen LogP contribution in [0.2, 0.25) is 0 Å². The van der Waals surface area contributed by atoms with E-state index in [-0.39, 0.29) is 11.5 Å². The lowest BCUT2D eigenvalue weighted by molar-refractivity contribution is -0.117. The quantitative estimate of drug-likeness (QED) is 0.771. The van der Waals surface area contributed by atoms with Gasteiger partial charge < -0.3 is 16.8 Å². The van der Waals surface area contributed by atoms with Gasteiger partial charge in [0.1, 0.15) is 0 Å². The predicted molar refractivity (Wildman–Crippen MR) is 81.7 cm³/mol. The summed E-state index contributed by atoms with van der Waals surface area (Å²) in [7, 11) is 0. The Morgan fingerprint density at radius 3 is 2.29 bits per heavy atom. The molecule has 0 heterocycles. The van der Waals surface area contributed by atoms with E-state index < -0.39 is 11.9 Å². The van der Waals surface area contributed by atoms with Crippen molar-refractivity contribution in [3.05, 3.63) is 65.7 Å². The normalized spacial score (nSPS) is 11.7. The highest BCUT2D eigenvalue weighted by Crippen LogP contribution is 2.14. The topological polar surface area (TPSA) is 98.2 Å². The minimum Gasteiger partial charge on any atom is -0.366 e. The van der Waals surface area contributed by atoms with Gasteiger partial charge in [0, 0.05) is 0 Å². The second-order valence-electron chi connectivity index (χ2n) is 4.70. The van der Waals surface area contributed by atoms with Crippen molar-refractivity contribution in [2.24, 2.45) is 11.5 Å². The van der Waals surface area contributed by atoms with Crippen LogP contribution in [0.25, 0.3) is 0 Å². The molecule has 21 heavy (non-hydrogen) atoms. The van der Waals surface area contributed by atoms with Crippen LogP contribution in [-0.2, 0) is 11.2 Å². The zero-order valence-electron chi connectivity index (χ0n) is 11.5. The molecule has 0 radical (unpaired) electrons. The van der Waals surface area contributed by atoms with E-state index in [9.17, 15) is 9.59 Å². The van der Waals surface area contributed by atoms with Crippen molar-refractivity contribution in [1.29, 1.82) is 0 Å². The largest absolute Gasteiger partial charge is 0.366 e. The van der Waals surface area contributed by atoms with Crippen molar-refractivity contribution >= 4 is 17.5 Å². The van der Waals surface area contributed by atoms with Gasteiger partial charge in [-0.25, -0.2) is 0 Å². The second kappa shape index (κ2) is 6.67. The Morgan fingerprint density at radius 2 is 1.62 bits per heavy atom. The molecule has 0 aliphatic rings. The van der Waals surface area contributed by atoms with Gasteiger partial charge in [-0.3, -0.25) is 9.59 Å². The Morgan fingerprint density at radius 1 is 1.00 bits per heavy atom. The van der Waals surface area contributed by atoms with Crippen LogP contribution in [0, 0.1) is 0 Å². The monoisotopic (exact) mass is 283 g/mol. The molecule has 0 bridgehead atoms. The number of carbonyl (C=O) groups excluding carboxylic acids is 2. The number of para-hydroxylation sites is 1. The molecule has 5 N–H and O–H groups in total. The van der Waals surface area contributed by atoms with Crippen LogP contribution >= 0.6 is 0 Å². The summed E-state index contributed by atoms with van der Waals surface area (Å²) in [5.41, 5.74) is 12.8. The third-order valence-corrected chi connectivity index (χ3v) is 3.09. The van der Waals surface area contributed by atoms with Crippen molar-refractivity contribution in [2.75, 3.05) is 5.32 Å². The van der Waals surface area contributed by atoms with Gasteiger partial charge in [-0.15, -0.1) is 0 Å². The summed E-state index contributed by atoms with van der Waals surface area (Å²) in [5.74, 6) is -0.949. The average Bonchev–Trinajstić information content (AvgIpc) is 2.48. The molecular weight excluding hydrogens is 266 g/mol. The molecule has 2 aromatic carbocycles. The molecule has 0 aliphatic carbocycles. The van der Waals surface area contributed by atoms with E-state index in [4.69, 9.17) is 11.5 Å². The lowest BCUT2D eigenvalue weighted by atomic mass is 10.1. The van der Waals surface area contributed by atoms with Gasteiger partial charge in [-0.2, -0.15) is 0 Å². The van der Waals surface area contributed by atoms with Crippen molar-refractivity contribution in [3.63, 3.8) is 0 Å².